The van der Waals surface area contributed by atoms with Crippen molar-refractivity contribution in [3.63, 3.8) is 0 Å². The Morgan fingerprint density at radius 3 is 3.11 bits per heavy atom. The topological polar surface area (TPSA) is 39.2 Å². The Kier molecular flexibility index (Phi) is 2.88. The fraction of sp³-hybridized carbons (Fsp3) is 0.286. The van der Waals surface area contributed by atoms with Crippen LogP contribution in [0.15, 0.2) is 29.6 Å². The van der Waals surface area contributed by atoms with Gasteiger partial charge in [-0.1, -0.05) is 24.3 Å². The Labute approximate surface area is 109 Å². The molecule has 1 aliphatic rings. The lowest BCUT2D eigenvalue weighted by molar-refractivity contribution is 0.0594. The summed E-state index contributed by atoms with van der Waals surface area (Å²) in [5, 5.41) is 2.79. The molecule has 0 radical (unpaired) electrons. The summed E-state index contributed by atoms with van der Waals surface area (Å²) in [5.41, 5.74) is 3.17. The lowest BCUT2D eigenvalue weighted by atomic mass is 10.0. The van der Waals surface area contributed by atoms with E-state index in [-0.39, 0.29) is 5.97 Å². The van der Waals surface area contributed by atoms with Crippen LogP contribution < -0.4 is 0 Å². The van der Waals surface area contributed by atoms with Crippen molar-refractivity contribution in [2.24, 2.45) is 0 Å². The maximum Gasteiger partial charge on any atom is 0.357 e. The zero-order chi connectivity index (χ0) is 12.5. The summed E-state index contributed by atoms with van der Waals surface area (Å²) >= 11 is 1.54. The molecule has 1 unspecified atom stereocenters. The fourth-order valence-corrected chi connectivity index (χ4v) is 3.40. The molecule has 0 saturated heterocycles. The van der Waals surface area contributed by atoms with Crippen molar-refractivity contribution in [3.05, 3.63) is 51.5 Å². The van der Waals surface area contributed by atoms with Crippen LogP contribution in [0.3, 0.4) is 0 Å². The molecule has 0 amide bonds. The van der Waals surface area contributed by atoms with E-state index in [2.05, 4.69) is 34.0 Å². The minimum Gasteiger partial charge on any atom is -0.464 e. The van der Waals surface area contributed by atoms with Crippen LogP contribution in [0.25, 0.3) is 0 Å². The minimum absolute atomic E-state index is 0.338. The van der Waals surface area contributed by atoms with E-state index in [1.54, 1.807) is 16.7 Å². The van der Waals surface area contributed by atoms with E-state index in [0.717, 1.165) is 17.8 Å². The predicted octanol–water partition coefficient (Wildman–Crippen LogP) is 3.01. The first-order valence-electron chi connectivity index (χ1n) is 5.91. The van der Waals surface area contributed by atoms with E-state index < -0.39 is 0 Å². The van der Waals surface area contributed by atoms with E-state index in [0.29, 0.717) is 11.6 Å². The van der Waals surface area contributed by atoms with Crippen LogP contribution in [-0.4, -0.2) is 18.1 Å². The van der Waals surface area contributed by atoms with Gasteiger partial charge in [0.25, 0.3) is 0 Å². The van der Waals surface area contributed by atoms with Gasteiger partial charge in [0.15, 0.2) is 5.69 Å². The number of aryl methyl sites for hydroxylation is 1. The van der Waals surface area contributed by atoms with Gasteiger partial charge in [0.05, 0.1) is 7.11 Å². The molecule has 1 aromatic carbocycles. The Hall–Kier alpha value is -1.68. The van der Waals surface area contributed by atoms with Crippen LogP contribution in [0.4, 0.5) is 0 Å². The number of aromatic nitrogens is 1. The fourth-order valence-electron chi connectivity index (χ4n) is 2.46. The molecule has 1 atom stereocenters. The van der Waals surface area contributed by atoms with Crippen LogP contribution in [-0.2, 0) is 11.2 Å². The van der Waals surface area contributed by atoms with Crippen LogP contribution in [0.1, 0.15) is 39.0 Å². The van der Waals surface area contributed by atoms with E-state index in [1.807, 2.05) is 0 Å². The molecule has 0 saturated carbocycles. The number of thiazole rings is 1. The molecule has 18 heavy (non-hydrogen) atoms. The Bertz CT molecular complexity index is 591. The highest BCUT2D eigenvalue weighted by molar-refractivity contribution is 7.10. The molecular weight excluding hydrogens is 246 g/mol. The lowest BCUT2D eigenvalue weighted by Gasteiger charge is -2.07. The van der Waals surface area contributed by atoms with Gasteiger partial charge in [0.1, 0.15) is 5.01 Å². The minimum atomic E-state index is -0.358. The first-order chi connectivity index (χ1) is 8.79. The van der Waals surface area contributed by atoms with Crippen molar-refractivity contribution in [2.45, 2.75) is 18.8 Å². The molecule has 0 bridgehead atoms. The zero-order valence-electron chi connectivity index (χ0n) is 10.1. The third-order valence-corrected chi connectivity index (χ3v) is 4.31. The molecule has 0 spiro atoms. The summed E-state index contributed by atoms with van der Waals surface area (Å²) < 4.78 is 4.69. The molecule has 0 aliphatic heterocycles. The number of hydrogen-bond acceptors (Lipinski definition) is 4. The third-order valence-electron chi connectivity index (χ3n) is 3.35. The molecule has 1 aromatic heterocycles. The van der Waals surface area contributed by atoms with Gasteiger partial charge >= 0.3 is 5.97 Å². The molecule has 3 nitrogen and oxygen atoms in total. The molecule has 1 aliphatic carbocycles. The van der Waals surface area contributed by atoms with Crippen LogP contribution in [0, 0.1) is 0 Å². The van der Waals surface area contributed by atoms with Crippen molar-refractivity contribution in [1.29, 1.82) is 0 Å². The summed E-state index contributed by atoms with van der Waals surface area (Å²) in [7, 11) is 1.38. The Morgan fingerprint density at radius 1 is 1.44 bits per heavy atom. The quantitative estimate of drug-likeness (QED) is 0.778. The highest BCUT2D eigenvalue weighted by Gasteiger charge is 2.26. The van der Waals surface area contributed by atoms with Gasteiger partial charge in [0, 0.05) is 11.3 Å². The zero-order valence-corrected chi connectivity index (χ0v) is 10.9. The summed E-state index contributed by atoms with van der Waals surface area (Å²) in [6.07, 6.45) is 2.17. The van der Waals surface area contributed by atoms with E-state index >= 15 is 0 Å². The van der Waals surface area contributed by atoms with E-state index in [9.17, 15) is 4.79 Å². The monoisotopic (exact) mass is 259 g/mol. The average molecular weight is 259 g/mol. The highest BCUT2D eigenvalue weighted by Crippen LogP contribution is 2.39. The molecule has 4 heteroatoms. The second-order valence-electron chi connectivity index (χ2n) is 4.35. The molecular formula is C14H13NO2S. The van der Waals surface area contributed by atoms with E-state index in [1.165, 1.54) is 18.2 Å². The first-order valence-corrected chi connectivity index (χ1v) is 6.79. The van der Waals surface area contributed by atoms with Gasteiger partial charge in [-0.25, -0.2) is 9.78 Å². The largest absolute Gasteiger partial charge is 0.464 e. The van der Waals surface area contributed by atoms with Crippen LogP contribution >= 0.6 is 11.3 Å². The molecule has 3 rings (SSSR count). The second-order valence-corrected chi connectivity index (χ2v) is 5.24. The Morgan fingerprint density at radius 2 is 2.28 bits per heavy atom. The Balaban J connectivity index is 1.93. The number of rotatable bonds is 2. The van der Waals surface area contributed by atoms with Gasteiger partial charge in [-0.2, -0.15) is 0 Å². The number of carbonyl (C=O) groups is 1. The van der Waals surface area contributed by atoms with Gasteiger partial charge in [-0.3, -0.25) is 0 Å². The van der Waals surface area contributed by atoms with Crippen molar-refractivity contribution in [2.75, 3.05) is 7.11 Å². The van der Waals surface area contributed by atoms with Gasteiger partial charge < -0.3 is 4.74 Å². The SMILES string of the molecule is COC(=O)c1csc(C2CCc3ccccc32)n1. The number of fused-ring (bicyclic) bond motifs is 1. The number of hydrogen-bond donors (Lipinski definition) is 0. The van der Waals surface area contributed by atoms with Crippen molar-refractivity contribution < 1.29 is 9.53 Å². The molecule has 0 fully saturated rings. The predicted molar refractivity (Wildman–Crippen MR) is 70.1 cm³/mol. The lowest BCUT2D eigenvalue weighted by Crippen LogP contribution is -2.03. The first kappa shape index (κ1) is 11.4. The van der Waals surface area contributed by atoms with Crippen molar-refractivity contribution in [3.8, 4) is 0 Å². The second kappa shape index (κ2) is 4.53. The van der Waals surface area contributed by atoms with Gasteiger partial charge in [-0.05, 0) is 24.0 Å². The summed E-state index contributed by atoms with van der Waals surface area (Å²) in [6, 6.07) is 8.46. The average Bonchev–Trinajstić information content (AvgIpc) is 3.03. The van der Waals surface area contributed by atoms with Gasteiger partial charge in [-0.15, -0.1) is 11.3 Å². The summed E-state index contributed by atoms with van der Waals surface area (Å²) in [4.78, 5) is 15.8. The number of esters is 1. The van der Waals surface area contributed by atoms with E-state index in [4.69, 9.17) is 0 Å². The molecule has 2 aromatic rings. The van der Waals surface area contributed by atoms with Gasteiger partial charge in [0.2, 0.25) is 0 Å². The van der Waals surface area contributed by atoms with Crippen molar-refractivity contribution >= 4 is 17.3 Å². The highest BCUT2D eigenvalue weighted by atomic mass is 32.1. The smallest absolute Gasteiger partial charge is 0.357 e. The molecule has 92 valence electrons. The molecule has 1 heterocycles. The third kappa shape index (κ3) is 1.82. The number of nitrogens with zero attached hydrogens (tertiary/aromatic N) is 1. The summed E-state index contributed by atoms with van der Waals surface area (Å²) in [5.74, 6) is -0.0200. The normalized spacial score (nSPS) is 17.5. The summed E-state index contributed by atoms with van der Waals surface area (Å²) in [6.45, 7) is 0. The van der Waals surface area contributed by atoms with Crippen molar-refractivity contribution in [1.82, 2.24) is 4.98 Å². The number of methoxy groups -OCH3 is 1. The number of carbonyl (C=O) groups excluding carboxylic acids is 1. The maximum absolute atomic E-state index is 11.4. The van der Waals surface area contributed by atoms with Crippen LogP contribution in [0.5, 0.6) is 0 Å². The molecule has 0 N–H and O–H groups in total. The number of ether oxygens (including phenoxy) is 1. The number of benzene rings is 1. The maximum atomic E-state index is 11.4. The standard InChI is InChI=1S/C14H13NO2S/c1-17-14(16)12-8-18-13(15-12)11-7-6-9-4-2-3-5-10(9)11/h2-5,8,11H,6-7H2,1H3. The van der Waals surface area contributed by atoms with Crippen LogP contribution in [0.2, 0.25) is 0 Å².